The first-order valence-corrected chi connectivity index (χ1v) is 8.18. The molecule has 2 atom stereocenters. The number of amides is 2. The van der Waals surface area contributed by atoms with E-state index in [2.05, 4.69) is 5.32 Å². The summed E-state index contributed by atoms with van der Waals surface area (Å²) < 4.78 is 11.5. The summed E-state index contributed by atoms with van der Waals surface area (Å²) in [6.45, 7) is 6.87. The first kappa shape index (κ1) is 16.9. The van der Waals surface area contributed by atoms with Crippen molar-refractivity contribution in [3.8, 4) is 0 Å². The van der Waals surface area contributed by atoms with Gasteiger partial charge in [0.2, 0.25) is 0 Å². The number of carbonyl (C=O) groups excluding carboxylic acids is 1. The fourth-order valence-corrected chi connectivity index (χ4v) is 2.93. The highest BCUT2D eigenvalue weighted by Gasteiger charge is 2.28. The van der Waals surface area contributed by atoms with Crippen molar-refractivity contribution < 1.29 is 18.9 Å². The number of urea groups is 1. The van der Waals surface area contributed by atoms with E-state index in [-0.39, 0.29) is 17.3 Å². The lowest BCUT2D eigenvalue weighted by atomic mass is 9.99. The van der Waals surface area contributed by atoms with Crippen LogP contribution in [0.3, 0.4) is 0 Å². The molecule has 6 nitrogen and oxygen atoms in total. The van der Waals surface area contributed by atoms with Gasteiger partial charge in [0.1, 0.15) is 0 Å². The van der Waals surface area contributed by atoms with E-state index < -0.39 is 22.7 Å². The minimum absolute atomic E-state index is 0.253. The highest BCUT2D eigenvalue weighted by molar-refractivity contribution is 7.86. The Labute approximate surface area is 122 Å². The summed E-state index contributed by atoms with van der Waals surface area (Å²) in [5, 5.41) is 11.7. The number of carboxylic acid groups (broad SMARTS) is 1. The topological polar surface area (TPSA) is 86.7 Å². The first-order chi connectivity index (χ1) is 9.21. The summed E-state index contributed by atoms with van der Waals surface area (Å²) in [5.74, 6) is -0.916. The van der Waals surface area contributed by atoms with Crippen LogP contribution in [0, 0.1) is 5.92 Å². The van der Waals surface area contributed by atoms with E-state index in [1.165, 1.54) is 4.90 Å². The van der Waals surface area contributed by atoms with Crippen molar-refractivity contribution in [2.75, 3.05) is 25.4 Å². The molecule has 0 aromatic heterocycles. The maximum Gasteiger partial charge on any atom is 0.317 e. The first-order valence-electron chi connectivity index (χ1n) is 6.86. The van der Waals surface area contributed by atoms with Gasteiger partial charge in [-0.15, -0.1) is 0 Å². The molecule has 0 radical (unpaired) electrons. The molecule has 7 heteroatoms. The summed E-state index contributed by atoms with van der Waals surface area (Å²) in [4.78, 5) is 24.4. The number of rotatable bonds is 4. The zero-order valence-corrected chi connectivity index (χ0v) is 13.2. The van der Waals surface area contributed by atoms with E-state index >= 15 is 0 Å². The van der Waals surface area contributed by atoms with Gasteiger partial charge in [0, 0.05) is 40.9 Å². The number of hydrogen-bond acceptors (Lipinski definition) is 3. The summed E-state index contributed by atoms with van der Waals surface area (Å²) in [5.41, 5.74) is 0. The molecule has 2 N–H and O–H groups in total. The summed E-state index contributed by atoms with van der Waals surface area (Å²) in [7, 11) is -1.00. The van der Waals surface area contributed by atoms with Gasteiger partial charge in [-0.25, -0.2) is 4.79 Å². The second-order valence-corrected chi connectivity index (χ2v) is 8.34. The van der Waals surface area contributed by atoms with Crippen LogP contribution in [-0.4, -0.2) is 56.3 Å². The lowest BCUT2D eigenvalue weighted by molar-refractivity contribution is -0.143. The Kier molecular flexibility index (Phi) is 5.98. The Bertz CT molecular complexity index is 392. The summed E-state index contributed by atoms with van der Waals surface area (Å²) in [6, 6.07) is -0.262. The molecule has 0 aromatic carbocycles. The van der Waals surface area contributed by atoms with Crippen LogP contribution >= 0.6 is 0 Å². The Balaban J connectivity index is 2.36. The van der Waals surface area contributed by atoms with Crippen molar-refractivity contribution in [1.29, 1.82) is 0 Å². The van der Waals surface area contributed by atoms with Crippen LogP contribution in [-0.2, 0) is 15.6 Å². The van der Waals surface area contributed by atoms with Gasteiger partial charge in [0.25, 0.3) is 0 Å². The molecule has 1 heterocycles. The van der Waals surface area contributed by atoms with Crippen LogP contribution < -0.4 is 5.32 Å². The molecule has 0 aromatic rings. The standard InChI is InChI=1S/C13H24N2O4S/c1-13(2,3)20(19)8-6-14-12(18)15-7-4-5-10(9-15)11(16)17/h10H,4-9H2,1-3H3,(H,14,18)(H,16,17). The van der Waals surface area contributed by atoms with Crippen LogP contribution in [0.2, 0.25) is 0 Å². The maximum atomic E-state index is 11.9. The van der Waals surface area contributed by atoms with Gasteiger partial charge in [0.05, 0.1) is 5.92 Å². The predicted molar refractivity (Wildman–Crippen MR) is 78.1 cm³/mol. The van der Waals surface area contributed by atoms with E-state index in [1.807, 2.05) is 20.8 Å². The van der Waals surface area contributed by atoms with Gasteiger partial charge >= 0.3 is 12.0 Å². The minimum Gasteiger partial charge on any atom is -0.481 e. The smallest absolute Gasteiger partial charge is 0.317 e. The van der Waals surface area contributed by atoms with Gasteiger partial charge in [-0.3, -0.25) is 9.00 Å². The third-order valence-corrected chi connectivity index (χ3v) is 5.25. The normalized spacial score (nSPS) is 21.4. The Hall–Kier alpha value is -1.11. The highest BCUT2D eigenvalue weighted by Crippen LogP contribution is 2.16. The predicted octanol–water partition coefficient (Wildman–Crippen LogP) is 1.04. The van der Waals surface area contributed by atoms with Crippen molar-refractivity contribution in [3.05, 3.63) is 0 Å². The van der Waals surface area contributed by atoms with Crippen LogP contribution in [0.25, 0.3) is 0 Å². The van der Waals surface area contributed by atoms with E-state index in [9.17, 15) is 13.8 Å². The molecule has 1 aliphatic heterocycles. The molecule has 0 aliphatic carbocycles. The number of carboxylic acids is 1. The number of likely N-dealkylation sites (tertiary alicyclic amines) is 1. The summed E-state index contributed by atoms with van der Waals surface area (Å²) in [6.07, 6.45) is 1.32. The van der Waals surface area contributed by atoms with E-state index in [0.717, 1.165) is 0 Å². The minimum atomic E-state index is -1.00. The molecule has 1 fully saturated rings. The van der Waals surface area contributed by atoms with Gasteiger partial charge in [0.15, 0.2) is 0 Å². The number of piperidine rings is 1. The van der Waals surface area contributed by atoms with E-state index in [4.69, 9.17) is 5.11 Å². The van der Waals surface area contributed by atoms with Crippen LogP contribution in [0.5, 0.6) is 0 Å². The van der Waals surface area contributed by atoms with E-state index in [0.29, 0.717) is 31.7 Å². The van der Waals surface area contributed by atoms with Gasteiger partial charge in [-0.05, 0) is 33.6 Å². The third kappa shape index (κ3) is 5.11. The van der Waals surface area contributed by atoms with Crippen molar-refractivity contribution in [2.24, 2.45) is 5.92 Å². The molecule has 20 heavy (non-hydrogen) atoms. The lowest BCUT2D eigenvalue weighted by Gasteiger charge is -2.30. The SMILES string of the molecule is CC(C)(C)S(=O)CCNC(=O)N1CCCC(C(=O)O)C1. The average molecular weight is 304 g/mol. The zero-order valence-electron chi connectivity index (χ0n) is 12.3. The van der Waals surface area contributed by atoms with Crippen LogP contribution in [0.4, 0.5) is 4.79 Å². The van der Waals surface area contributed by atoms with E-state index in [1.54, 1.807) is 0 Å². The van der Waals surface area contributed by atoms with Gasteiger partial charge in [-0.1, -0.05) is 0 Å². The Morgan fingerprint density at radius 1 is 1.40 bits per heavy atom. The molecule has 0 saturated carbocycles. The largest absolute Gasteiger partial charge is 0.481 e. The fourth-order valence-electron chi connectivity index (χ4n) is 2.03. The lowest BCUT2D eigenvalue weighted by Crippen LogP contribution is -2.48. The molecule has 116 valence electrons. The second kappa shape index (κ2) is 7.06. The molecule has 0 spiro atoms. The van der Waals surface area contributed by atoms with Gasteiger partial charge < -0.3 is 15.3 Å². The highest BCUT2D eigenvalue weighted by atomic mass is 32.2. The average Bonchev–Trinajstić information content (AvgIpc) is 2.37. The molecular weight excluding hydrogens is 280 g/mol. The number of carbonyl (C=O) groups is 2. The number of aliphatic carboxylic acids is 1. The Morgan fingerprint density at radius 2 is 2.05 bits per heavy atom. The number of nitrogens with zero attached hydrogens (tertiary/aromatic N) is 1. The molecule has 1 saturated heterocycles. The van der Waals surface area contributed by atoms with Crippen molar-refractivity contribution in [1.82, 2.24) is 10.2 Å². The zero-order chi connectivity index (χ0) is 15.3. The van der Waals surface area contributed by atoms with Crippen molar-refractivity contribution in [3.63, 3.8) is 0 Å². The van der Waals surface area contributed by atoms with Crippen molar-refractivity contribution >= 4 is 22.8 Å². The quantitative estimate of drug-likeness (QED) is 0.812. The van der Waals surface area contributed by atoms with Gasteiger partial charge in [-0.2, -0.15) is 0 Å². The molecule has 2 unspecified atom stereocenters. The monoisotopic (exact) mass is 304 g/mol. The molecule has 0 bridgehead atoms. The fraction of sp³-hybridized carbons (Fsp3) is 0.846. The molecule has 1 rings (SSSR count). The number of hydrogen-bond donors (Lipinski definition) is 2. The van der Waals surface area contributed by atoms with Crippen LogP contribution in [0.15, 0.2) is 0 Å². The Morgan fingerprint density at radius 3 is 2.60 bits per heavy atom. The maximum absolute atomic E-state index is 11.9. The molecule has 1 aliphatic rings. The third-order valence-electron chi connectivity index (χ3n) is 3.30. The van der Waals surface area contributed by atoms with Crippen molar-refractivity contribution in [2.45, 2.75) is 38.4 Å². The summed E-state index contributed by atoms with van der Waals surface area (Å²) >= 11 is 0. The molecular formula is C13H24N2O4S. The number of nitrogens with one attached hydrogen (secondary N) is 1. The second-order valence-electron chi connectivity index (χ2n) is 6.02. The van der Waals surface area contributed by atoms with Crippen LogP contribution in [0.1, 0.15) is 33.6 Å². The molecule has 2 amide bonds.